The van der Waals surface area contributed by atoms with E-state index in [1.807, 2.05) is 6.07 Å². The van der Waals surface area contributed by atoms with Crippen molar-refractivity contribution in [3.8, 4) is 12.3 Å². The van der Waals surface area contributed by atoms with Gasteiger partial charge in [-0.2, -0.15) is 0 Å². The number of hydrogen-bond acceptors (Lipinski definition) is 4. The van der Waals surface area contributed by atoms with Gasteiger partial charge in [-0.05, 0) is 25.0 Å². The number of hydrogen-bond donors (Lipinski definition) is 2. The summed E-state index contributed by atoms with van der Waals surface area (Å²) in [5.74, 6) is 3.72. The number of carbonyl (C=O) groups is 1. The first-order valence-electron chi connectivity index (χ1n) is 7.79. The predicted molar refractivity (Wildman–Crippen MR) is 84.5 cm³/mol. The summed E-state index contributed by atoms with van der Waals surface area (Å²) >= 11 is 0. The maximum Gasteiger partial charge on any atom is 0.253 e. The Labute approximate surface area is 130 Å². The Morgan fingerprint density at radius 3 is 2.73 bits per heavy atom. The molecule has 1 aliphatic carbocycles. The number of pyridine rings is 1. The fourth-order valence-corrected chi connectivity index (χ4v) is 3.54. The van der Waals surface area contributed by atoms with Gasteiger partial charge in [-0.3, -0.25) is 4.79 Å². The van der Waals surface area contributed by atoms with Crippen LogP contribution in [0.2, 0.25) is 0 Å². The molecule has 2 aliphatic rings. The molecule has 0 radical (unpaired) electrons. The molecule has 2 heterocycles. The van der Waals surface area contributed by atoms with Crippen LogP contribution < -0.4 is 10.2 Å². The normalized spacial score (nSPS) is 27.1. The Balaban J connectivity index is 1.68. The van der Waals surface area contributed by atoms with Gasteiger partial charge in [-0.25, -0.2) is 4.98 Å². The summed E-state index contributed by atoms with van der Waals surface area (Å²) in [6.45, 7) is 1.90. The molecule has 1 aromatic heterocycles. The zero-order valence-electron chi connectivity index (χ0n) is 12.5. The molecule has 1 aromatic rings. The van der Waals surface area contributed by atoms with Crippen LogP contribution in [0, 0.1) is 24.2 Å². The van der Waals surface area contributed by atoms with Gasteiger partial charge in [0.05, 0.1) is 18.2 Å². The van der Waals surface area contributed by atoms with Crippen LogP contribution in [0.1, 0.15) is 29.6 Å². The molecule has 2 atom stereocenters. The zero-order chi connectivity index (χ0) is 15.5. The molecule has 2 fully saturated rings. The molecular weight excluding hydrogens is 278 g/mol. The van der Waals surface area contributed by atoms with Crippen LogP contribution in [0.3, 0.4) is 0 Å². The quantitative estimate of drug-likeness (QED) is 0.819. The third kappa shape index (κ3) is 2.93. The number of anilines is 1. The number of nitrogens with zero attached hydrogens (tertiary/aromatic N) is 2. The van der Waals surface area contributed by atoms with Crippen LogP contribution >= 0.6 is 0 Å². The van der Waals surface area contributed by atoms with Crippen molar-refractivity contribution in [2.75, 3.05) is 24.5 Å². The highest BCUT2D eigenvalue weighted by molar-refractivity contribution is 5.94. The van der Waals surface area contributed by atoms with Gasteiger partial charge in [0.2, 0.25) is 0 Å². The topological polar surface area (TPSA) is 65.5 Å². The lowest BCUT2D eigenvalue weighted by Crippen LogP contribution is -2.51. The number of fused-ring (bicyclic) bond motifs is 2. The SMILES string of the molecule is C#CCNC(=O)c1ccc(N2CC3CCCC(C2)C3O)nc1. The zero-order valence-corrected chi connectivity index (χ0v) is 12.5. The van der Waals surface area contributed by atoms with E-state index in [1.165, 1.54) is 6.42 Å². The number of aliphatic hydroxyl groups excluding tert-OH is 1. The summed E-state index contributed by atoms with van der Waals surface area (Å²) < 4.78 is 0. The van der Waals surface area contributed by atoms with Gasteiger partial charge in [0.25, 0.3) is 5.91 Å². The monoisotopic (exact) mass is 299 g/mol. The molecule has 2 N–H and O–H groups in total. The second-order valence-corrected chi connectivity index (χ2v) is 6.14. The van der Waals surface area contributed by atoms with E-state index in [0.717, 1.165) is 31.7 Å². The Morgan fingerprint density at radius 2 is 2.14 bits per heavy atom. The van der Waals surface area contributed by atoms with E-state index in [1.54, 1.807) is 12.3 Å². The summed E-state index contributed by atoms with van der Waals surface area (Å²) in [4.78, 5) is 18.4. The molecule has 1 saturated heterocycles. The Kier molecular flexibility index (Phi) is 4.30. The number of carbonyl (C=O) groups excluding carboxylic acids is 1. The maximum atomic E-state index is 11.8. The van der Waals surface area contributed by atoms with Crippen molar-refractivity contribution in [1.82, 2.24) is 10.3 Å². The van der Waals surface area contributed by atoms with E-state index in [-0.39, 0.29) is 18.6 Å². The molecule has 1 aliphatic heterocycles. The largest absolute Gasteiger partial charge is 0.392 e. The average molecular weight is 299 g/mol. The lowest BCUT2D eigenvalue weighted by atomic mass is 9.75. The molecule has 116 valence electrons. The number of aromatic nitrogens is 1. The molecular formula is C17H21N3O2. The van der Waals surface area contributed by atoms with Crippen LogP contribution in [0.15, 0.2) is 18.3 Å². The molecule has 1 amide bonds. The number of terminal acetylenes is 1. The smallest absolute Gasteiger partial charge is 0.253 e. The minimum absolute atomic E-state index is 0.168. The van der Waals surface area contributed by atoms with E-state index in [2.05, 4.69) is 21.1 Å². The van der Waals surface area contributed by atoms with Gasteiger partial charge in [-0.15, -0.1) is 6.42 Å². The van der Waals surface area contributed by atoms with Gasteiger partial charge >= 0.3 is 0 Å². The van der Waals surface area contributed by atoms with Crippen molar-refractivity contribution in [1.29, 1.82) is 0 Å². The number of nitrogens with one attached hydrogen (secondary N) is 1. The third-order valence-corrected chi connectivity index (χ3v) is 4.71. The predicted octanol–water partition coefficient (Wildman–Crippen LogP) is 1.04. The first-order chi connectivity index (χ1) is 10.7. The van der Waals surface area contributed by atoms with Crippen LogP contribution in [-0.4, -0.2) is 41.7 Å². The van der Waals surface area contributed by atoms with Gasteiger partial charge in [0.1, 0.15) is 5.82 Å². The summed E-state index contributed by atoms with van der Waals surface area (Å²) in [5, 5.41) is 12.9. The lowest BCUT2D eigenvalue weighted by Gasteiger charge is -2.45. The highest BCUT2D eigenvalue weighted by atomic mass is 16.3. The first kappa shape index (κ1) is 14.9. The van der Waals surface area contributed by atoms with Crippen molar-refractivity contribution in [2.45, 2.75) is 25.4 Å². The minimum atomic E-state index is -0.206. The van der Waals surface area contributed by atoms with E-state index >= 15 is 0 Å². The molecule has 0 spiro atoms. The van der Waals surface area contributed by atoms with Gasteiger partial charge < -0.3 is 15.3 Å². The van der Waals surface area contributed by atoms with Crippen LogP contribution in [0.25, 0.3) is 0 Å². The Hall–Kier alpha value is -2.06. The van der Waals surface area contributed by atoms with E-state index in [9.17, 15) is 9.90 Å². The molecule has 5 nitrogen and oxygen atoms in total. The van der Waals surface area contributed by atoms with E-state index in [0.29, 0.717) is 17.4 Å². The standard InChI is InChI=1S/C17H21N3O2/c1-2-8-18-17(22)12-6-7-15(19-9-12)20-10-13-4-3-5-14(11-20)16(13)21/h1,6-7,9,13-14,16,21H,3-5,8,10-11H2,(H,18,22). The van der Waals surface area contributed by atoms with Gasteiger partial charge in [-0.1, -0.05) is 12.3 Å². The summed E-state index contributed by atoms with van der Waals surface area (Å²) in [7, 11) is 0. The van der Waals surface area contributed by atoms with Crippen molar-refractivity contribution in [3.63, 3.8) is 0 Å². The molecule has 1 saturated carbocycles. The summed E-state index contributed by atoms with van der Waals surface area (Å²) in [6, 6.07) is 3.65. The average Bonchev–Trinajstić information content (AvgIpc) is 2.52. The summed E-state index contributed by atoms with van der Waals surface area (Å²) in [5.41, 5.74) is 0.510. The fraction of sp³-hybridized carbons (Fsp3) is 0.529. The van der Waals surface area contributed by atoms with Gasteiger partial charge in [0, 0.05) is 31.1 Å². The second-order valence-electron chi connectivity index (χ2n) is 6.14. The second kappa shape index (κ2) is 6.37. The highest BCUT2D eigenvalue weighted by Crippen LogP contribution is 2.36. The first-order valence-corrected chi connectivity index (χ1v) is 7.79. The maximum absolute atomic E-state index is 11.8. The minimum Gasteiger partial charge on any atom is -0.392 e. The molecule has 22 heavy (non-hydrogen) atoms. The van der Waals surface area contributed by atoms with Crippen LogP contribution in [-0.2, 0) is 0 Å². The van der Waals surface area contributed by atoms with Gasteiger partial charge in [0.15, 0.2) is 0 Å². The van der Waals surface area contributed by atoms with Crippen molar-refractivity contribution in [3.05, 3.63) is 23.9 Å². The number of aliphatic hydroxyl groups is 1. The van der Waals surface area contributed by atoms with E-state index < -0.39 is 0 Å². The molecule has 2 bridgehead atoms. The van der Waals surface area contributed by atoms with Crippen LogP contribution in [0.4, 0.5) is 5.82 Å². The summed E-state index contributed by atoms with van der Waals surface area (Å²) in [6.07, 6.45) is 9.92. The Morgan fingerprint density at radius 1 is 1.41 bits per heavy atom. The molecule has 5 heteroatoms. The molecule has 0 aromatic carbocycles. The molecule has 3 rings (SSSR count). The fourth-order valence-electron chi connectivity index (χ4n) is 3.54. The molecule has 2 unspecified atom stereocenters. The third-order valence-electron chi connectivity index (χ3n) is 4.71. The van der Waals surface area contributed by atoms with Crippen molar-refractivity contribution in [2.24, 2.45) is 11.8 Å². The van der Waals surface area contributed by atoms with Crippen LogP contribution in [0.5, 0.6) is 0 Å². The number of piperidine rings is 1. The van der Waals surface area contributed by atoms with E-state index in [4.69, 9.17) is 6.42 Å². The number of rotatable bonds is 3. The van der Waals surface area contributed by atoms with Crippen molar-refractivity contribution < 1.29 is 9.90 Å². The lowest BCUT2D eigenvalue weighted by molar-refractivity contribution is 0.00580. The highest BCUT2D eigenvalue weighted by Gasteiger charge is 2.38. The Bertz CT molecular complexity index is 565. The number of amides is 1. The van der Waals surface area contributed by atoms with Crippen molar-refractivity contribution >= 4 is 11.7 Å².